The van der Waals surface area contributed by atoms with E-state index in [1.54, 1.807) is 0 Å². The van der Waals surface area contributed by atoms with Crippen molar-refractivity contribution in [1.29, 1.82) is 0 Å². The van der Waals surface area contributed by atoms with Crippen molar-refractivity contribution in [3.63, 3.8) is 0 Å². The summed E-state index contributed by atoms with van der Waals surface area (Å²) in [5.41, 5.74) is -0.401. The fourth-order valence-electron chi connectivity index (χ4n) is 1.47. The molecule has 0 radical (unpaired) electrons. The van der Waals surface area contributed by atoms with Gasteiger partial charge in [0.1, 0.15) is 0 Å². The number of ketones is 1. The molecule has 0 aromatic rings. The van der Waals surface area contributed by atoms with Crippen LogP contribution in [0.5, 0.6) is 0 Å². The Morgan fingerprint density at radius 1 is 1.20 bits per heavy atom. The lowest BCUT2D eigenvalue weighted by molar-refractivity contribution is -0.132. The summed E-state index contributed by atoms with van der Waals surface area (Å²) in [4.78, 5) is 23.0. The first-order valence-corrected chi connectivity index (χ1v) is 5.46. The maximum Gasteiger partial charge on any atom is 0.217 e. The highest BCUT2D eigenvalue weighted by atomic mass is 16.2. The Kier molecular flexibility index (Phi) is 4.98. The SMILES string of the molecule is CC(=O)NC(CC(C)C)C(=O)C(C)(C)C. The molecule has 0 aliphatic rings. The second-order valence-corrected chi connectivity index (χ2v) is 5.50. The van der Waals surface area contributed by atoms with E-state index in [0.717, 1.165) is 0 Å². The Morgan fingerprint density at radius 2 is 1.67 bits per heavy atom. The van der Waals surface area contributed by atoms with Crippen molar-refractivity contribution in [2.75, 3.05) is 0 Å². The number of hydrogen-bond donors (Lipinski definition) is 1. The van der Waals surface area contributed by atoms with Crippen LogP contribution < -0.4 is 5.32 Å². The van der Waals surface area contributed by atoms with Gasteiger partial charge in [0.05, 0.1) is 6.04 Å². The normalized spacial score (nSPS) is 13.8. The Morgan fingerprint density at radius 3 is 1.93 bits per heavy atom. The summed E-state index contributed by atoms with van der Waals surface area (Å²) in [5.74, 6) is 0.359. The van der Waals surface area contributed by atoms with E-state index in [9.17, 15) is 9.59 Å². The first kappa shape index (κ1) is 14.1. The molecule has 1 unspecified atom stereocenters. The number of Topliss-reactive ketones (excluding diaryl/α,β-unsaturated/α-hetero) is 1. The molecule has 1 atom stereocenters. The second kappa shape index (κ2) is 5.29. The van der Waals surface area contributed by atoms with Gasteiger partial charge in [-0.1, -0.05) is 34.6 Å². The molecule has 0 saturated carbocycles. The summed E-state index contributed by atoms with van der Waals surface area (Å²) in [5, 5.41) is 2.73. The van der Waals surface area contributed by atoms with Gasteiger partial charge in [-0.3, -0.25) is 9.59 Å². The van der Waals surface area contributed by atoms with Crippen molar-refractivity contribution in [3.8, 4) is 0 Å². The number of carbonyl (C=O) groups excluding carboxylic acids is 2. The maximum absolute atomic E-state index is 12.0. The fraction of sp³-hybridized carbons (Fsp3) is 0.833. The summed E-state index contributed by atoms with van der Waals surface area (Å²) in [6.07, 6.45) is 0.704. The summed E-state index contributed by atoms with van der Waals surface area (Å²) < 4.78 is 0. The van der Waals surface area contributed by atoms with Crippen LogP contribution in [0, 0.1) is 11.3 Å². The average Bonchev–Trinajstić information content (AvgIpc) is 1.98. The highest BCUT2D eigenvalue weighted by Gasteiger charge is 2.30. The second-order valence-electron chi connectivity index (χ2n) is 5.50. The first-order chi connectivity index (χ1) is 6.64. The average molecular weight is 213 g/mol. The molecule has 0 aromatic carbocycles. The highest BCUT2D eigenvalue weighted by Crippen LogP contribution is 2.20. The molecule has 0 aliphatic heterocycles. The molecule has 88 valence electrons. The molecule has 0 fully saturated rings. The van der Waals surface area contributed by atoms with Crippen LogP contribution in [0.4, 0.5) is 0 Å². The lowest BCUT2D eigenvalue weighted by atomic mass is 9.83. The van der Waals surface area contributed by atoms with E-state index in [1.165, 1.54) is 6.92 Å². The third-order valence-corrected chi connectivity index (χ3v) is 2.14. The number of carbonyl (C=O) groups is 2. The van der Waals surface area contributed by atoms with Crippen molar-refractivity contribution >= 4 is 11.7 Å². The van der Waals surface area contributed by atoms with E-state index in [0.29, 0.717) is 12.3 Å². The highest BCUT2D eigenvalue weighted by molar-refractivity contribution is 5.91. The molecular weight excluding hydrogens is 190 g/mol. The van der Waals surface area contributed by atoms with Gasteiger partial charge in [0.15, 0.2) is 5.78 Å². The molecule has 0 bridgehead atoms. The largest absolute Gasteiger partial charge is 0.347 e. The zero-order valence-electron chi connectivity index (χ0n) is 10.7. The molecule has 1 amide bonds. The zero-order valence-corrected chi connectivity index (χ0v) is 10.7. The van der Waals surface area contributed by atoms with Crippen LogP contribution in [0.15, 0.2) is 0 Å². The Balaban J connectivity index is 4.62. The molecule has 1 N–H and O–H groups in total. The quantitative estimate of drug-likeness (QED) is 0.777. The fourth-order valence-corrected chi connectivity index (χ4v) is 1.47. The van der Waals surface area contributed by atoms with Crippen molar-refractivity contribution < 1.29 is 9.59 Å². The Labute approximate surface area is 92.6 Å². The van der Waals surface area contributed by atoms with E-state index in [4.69, 9.17) is 0 Å². The topological polar surface area (TPSA) is 46.2 Å². The van der Waals surface area contributed by atoms with Crippen molar-refractivity contribution in [2.45, 2.75) is 54.0 Å². The van der Waals surface area contributed by atoms with E-state index in [-0.39, 0.29) is 17.7 Å². The van der Waals surface area contributed by atoms with Crippen LogP contribution in [-0.2, 0) is 9.59 Å². The molecule has 0 aliphatic carbocycles. The summed E-state index contributed by atoms with van der Waals surface area (Å²) in [6, 6.07) is -0.345. The van der Waals surface area contributed by atoms with Gasteiger partial charge < -0.3 is 5.32 Å². The minimum absolute atomic E-state index is 0.103. The van der Waals surface area contributed by atoms with Crippen LogP contribution in [0.25, 0.3) is 0 Å². The van der Waals surface area contributed by atoms with Crippen LogP contribution >= 0.6 is 0 Å². The molecular formula is C12H23NO2. The Bertz CT molecular complexity index is 238. The molecule has 0 rings (SSSR count). The predicted octanol–water partition coefficient (Wildman–Crippen LogP) is 2.15. The molecule has 3 nitrogen and oxygen atoms in total. The molecule has 0 heterocycles. The Hall–Kier alpha value is -0.860. The first-order valence-electron chi connectivity index (χ1n) is 5.46. The zero-order chi connectivity index (χ0) is 12.2. The number of rotatable bonds is 4. The van der Waals surface area contributed by atoms with E-state index in [1.807, 2.05) is 34.6 Å². The van der Waals surface area contributed by atoms with E-state index in [2.05, 4.69) is 5.32 Å². The van der Waals surface area contributed by atoms with Crippen molar-refractivity contribution in [3.05, 3.63) is 0 Å². The maximum atomic E-state index is 12.0. The number of hydrogen-bond acceptors (Lipinski definition) is 2. The monoisotopic (exact) mass is 213 g/mol. The van der Waals surface area contributed by atoms with Gasteiger partial charge in [-0.25, -0.2) is 0 Å². The van der Waals surface area contributed by atoms with Gasteiger partial charge in [0, 0.05) is 12.3 Å². The van der Waals surface area contributed by atoms with E-state index >= 15 is 0 Å². The molecule has 15 heavy (non-hydrogen) atoms. The van der Waals surface area contributed by atoms with Gasteiger partial charge in [-0.05, 0) is 12.3 Å². The van der Waals surface area contributed by atoms with E-state index < -0.39 is 5.41 Å². The summed E-state index contributed by atoms with van der Waals surface area (Å²) in [6.45, 7) is 11.2. The van der Waals surface area contributed by atoms with Crippen molar-refractivity contribution in [1.82, 2.24) is 5.32 Å². The molecule has 3 heteroatoms. The number of nitrogens with one attached hydrogen (secondary N) is 1. The standard InChI is InChI=1S/C12H23NO2/c1-8(2)7-10(13-9(3)14)11(15)12(4,5)6/h8,10H,7H2,1-6H3,(H,13,14). The van der Waals surface area contributed by atoms with Gasteiger partial charge in [-0.15, -0.1) is 0 Å². The van der Waals surface area contributed by atoms with Crippen LogP contribution in [-0.4, -0.2) is 17.7 Å². The molecule has 0 saturated heterocycles. The third-order valence-electron chi connectivity index (χ3n) is 2.14. The van der Waals surface area contributed by atoms with Crippen molar-refractivity contribution in [2.24, 2.45) is 11.3 Å². The lowest BCUT2D eigenvalue weighted by Crippen LogP contribution is -2.45. The van der Waals surface area contributed by atoms with Crippen LogP contribution in [0.3, 0.4) is 0 Å². The van der Waals surface area contributed by atoms with Gasteiger partial charge in [-0.2, -0.15) is 0 Å². The molecule has 0 aromatic heterocycles. The van der Waals surface area contributed by atoms with Gasteiger partial charge in [0.25, 0.3) is 0 Å². The van der Waals surface area contributed by atoms with Gasteiger partial charge in [0.2, 0.25) is 5.91 Å². The number of amides is 1. The lowest BCUT2D eigenvalue weighted by Gasteiger charge is -2.26. The minimum Gasteiger partial charge on any atom is -0.347 e. The smallest absolute Gasteiger partial charge is 0.217 e. The van der Waals surface area contributed by atoms with Crippen LogP contribution in [0.2, 0.25) is 0 Å². The van der Waals surface area contributed by atoms with Crippen LogP contribution in [0.1, 0.15) is 48.0 Å². The summed E-state index contributed by atoms with van der Waals surface area (Å²) >= 11 is 0. The molecule has 0 spiro atoms. The third kappa shape index (κ3) is 5.55. The minimum atomic E-state index is -0.401. The predicted molar refractivity (Wildman–Crippen MR) is 61.5 cm³/mol. The van der Waals surface area contributed by atoms with Gasteiger partial charge >= 0.3 is 0 Å². The summed E-state index contributed by atoms with van der Waals surface area (Å²) in [7, 11) is 0.